The smallest absolute Gasteiger partial charge is 0.0582 e. The Balaban J connectivity index is 2.59. The number of ether oxygens (including phenoxy) is 1. The average Bonchev–Trinajstić information content (AvgIpc) is 2.00. The molecule has 0 spiro atoms. The van der Waals surface area contributed by atoms with E-state index in [0.29, 0.717) is 11.5 Å². The van der Waals surface area contributed by atoms with Crippen LogP contribution < -0.4 is 0 Å². The molecule has 0 aliphatic heterocycles. The quantitative estimate of drug-likeness (QED) is 0.638. The highest BCUT2D eigenvalue weighted by Crippen LogP contribution is 2.44. The van der Waals surface area contributed by atoms with Gasteiger partial charge in [0.15, 0.2) is 0 Å². The van der Waals surface area contributed by atoms with Crippen molar-refractivity contribution < 1.29 is 4.74 Å². The van der Waals surface area contributed by atoms with Crippen LogP contribution in [0.15, 0.2) is 0 Å². The van der Waals surface area contributed by atoms with Gasteiger partial charge in [0, 0.05) is 6.61 Å². The van der Waals surface area contributed by atoms with Crippen LogP contribution in [0.3, 0.4) is 0 Å². The molecule has 0 aromatic rings. The fraction of sp³-hybridized carbons (Fsp3) is 1.00. The first kappa shape index (κ1) is 11.0. The summed E-state index contributed by atoms with van der Waals surface area (Å²) in [6.45, 7) is 12.4. The molecule has 1 nitrogen and oxygen atoms in total. The summed E-state index contributed by atoms with van der Waals surface area (Å²) in [5.41, 5.74) is 0.456. The molecule has 0 amide bonds. The second-order valence-electron chi connectivity index (χ2n) is 5.27. The van der Waals surface area contributed by atoms with Crippen molar-refractivity contribution in [2.24, 2.45) is 17.3 Å². The lowest BCUT2D eigenvalue weighted by Gasteiger charge is -2.44. The Morgan fingerprint density at radius 1 is 1.31 bits per heavy atom. The first-order chi connectivity index (χ1) is 5.97. The van der Waals surface area contributed by atoms with E-state index in [0.717, 1.165) is 18.4 Å². The second kappa shape index (κ2) is 4.00. The Kier molecular flexibility index (Phi) is 3.39. The first-order valence-corrected chi connectivity index (χ1v) is 5.59. The molecule has 0 heterocycles. The van der Waals surface area contributed by atoms with Crippen LogP contribution in [0.4, 0.5) is 0 Å². The van der Waals surface area contributed by atoms with E-state index < -0.39 is 0 Å². The van der Waals surface area contributed by atoms with Gasteiger partial charge in [-0.05, 0) is 37.0 Å². The van der Waals surface area contributed by atoms with Crippen LogP contribution in [0.5, 0.6) is 0 Å². The van der Waals surface area contributed by atoms with Crippen molar-refractivity contribution in [1.82, 2.24) is 0 Å². The van der Waals surface area contributed by atoms with Gasteiger partial charge in [-0.1, -0.05) is 27.7 Å². The van der Waals surface area contributed by atoms with Crippen LogP contribution in [0.25, 0.3) is 0 Å². The first-order valence-electron chi connectivity index (χ1n) is 5.59. The monoisotopic (exact) mass is 184 g/mol. The molecule has 2 unspecified atom stereocenters. The molecule has 1 heteroatoms. The predicted octanol–water partition coefficient (Wildman–Crippen LogP) is 3.48. The van der Waals surface area contributed by atoms with Gasteiger partial charge < -0.3 is 4.74 Å². The molecule has 1 aliphatic carbocycles. The lowest BCUT2D eigenvalue weighted by Crippen LogP contribution is -2.39. The lowest BCUT2D eigenvalue weighted by atomic mass is 9.64. The Labute approximate surface area is 82.9 Å². The minimum atomic E-state index is 0.456. The van der Waals surface area contributed by atoms with E-state index in [1.807, 2.05) is 0 Å². The molecule has 1 fully saturated rings. The zero-order valence-corrected chi connectivity index (χ0v) is 9.76. The number of hydrogen-bond donors (Lipinski definition) is 0. The fourth-order valence-electron chi connectivity index (χ4n) is 2.61. The summed E-state index contributed by atoms with van der Waals surface area (Å²) in [4.78, 5) is 0. The van der Waals surface area contributed by atoms with Gasteiger partial charge in [0.25, 0.3) is 0 Å². The number of hydrogen-bond acceptors (Lipinski definition) is 1. The highest BCUT2D eigenvalue weighted by Gasteiger charge is 2.38. The van der Waals surface area contributed by atoms with E-state index >= 15 is 0 Å². The topological polar surface area (TPSA) is 9.23 Å². The Hall–Kier alpha value is -0.0400. The van der Waals surface area contributed by atoms with E-state index in [1.54, 1.807) is 0 Å². The maximum atomic E-state index is 5.74. The van der Waals surface area contributed by atoms with Crippen molar-refractivity contribution in [3.8, 4) is 0 Å². The molecular weight excluding hydrogens is 160 g/mol. The lowest BCUT2D eigenvalue weighted by molar-refractivity contribution is -0.0452. The molecule has 0 aromatic carbocycles. The average molecular weight is 184 g/mol. The summed E-state index contributed by atoms with van der Waals surface area (Å²) >= 11 is 0. The van der Waals surface area contributed by atoms with Crippen LogP contribution in [0.2, 0.25) is 0 Å². The van der Waals surface area contributed by atoms with Gasteiger partial charge in [0.2, 0.25) is 0 Å². The van der Waals surface area contributed by atoms with Gasteiger partial charge in [-0.2, -0.15) is 0 Å². The summed E-state index contributed by atoms with van der Waals surface area (Å²) in [6, 6.07) is 0. The largest absolute Gasteiger partial charge is 0.378 e. The summed E-state index contributed by atoms with van der Waals surface area (Å²) in [6.07, 6.45) is 2.98. The van der Waals surface area contributed by atoms with Crippen LogP contribution >= 0.6 is 0 Å². The van der Waals surface area contributed by atoms with Gasteiger partial charge in [-0.3, -0.25) is 0 Å². The maximum Gasteiger partial charge on any atom is 0.0582 e. The van der Waals surface area contributed by atoms with Gasteiger partial charge in [-0.15, -0.1) is 0 Å². The van der Waals surface area contributed by atoms with Crippen LogP contribution in [0, 0.1) is 17.3 Å². The van der Waals surface area contributed by atoms with Crippen molar-refractivity contribution >= 4 is 0 Å². The van der Waals surface area contributed by atoms with E-state index in [4.69, 9.17) is 4.74 Å². The molecule has 13 heavy (non-hydrogen) atoms. The molecule has 1 saturated carbocycles. The fourth-order valence-corrected chi connectivity index (χ4v) is 2.61. The molecular formula is C12H24O. The molecule has 0 bridgehead atoms. The van der Waals surface area contributed by atoms with Crippen LogP contribution in [-0.4, -0.2) is 12.7 Å². The normalized spacial score (nSPS) is 39.0. The molecule has 0 N–H and O–H groups in total. The molecule has 3 atom stereocenters. The SMILES string of the molecule is CCO[C@@H]1CC(C)C(C)C(C)(C)C1. The van der Waals surface area contributed by atoms with Crippen molar-refractivity contribution in [1.29, 1.82) is 0 Å². The van der Waals surface area contributed by atoms with E-state index in [-0.39, 0.29) is 0 Å². The van der Waals surface area contributed by atoms with Crippen molar-refractivity contribution in [3.63, 3.8) is 0 Å². The standard InChI is InChI=1S/C12H24O/c1-6-13-11-7-9(2)10(3)12(4,5)8-11/h9-11H,6-8H2,1-5H3/t9?,10?,11-/m1/s1. The van der Waals surface area contributed by atoms with E-state index in [1.165, 1.54) is 12.8 Å². The highest BCUT2D eigenvalue weighted by molar-refractivity contribution is 4.88. The third kappa shape index (κ3) is 2.46. The van der Waals surface area contributed by atoms with Crippen molar-refractivity contribution in [2.75, 3.05) is 6.61 Å². The van der Waals surface area contributed by atoms with Crippen LogP contribution in [0.1, 0.15) is 47.5 Å². The van der Waals surface area contributed by atoms with E-state index in [2.05, 4.69) is 34.6 Å². The predicted molar refractivity (Wildman–Crippen MR) is 56.8 cm³/mol. The summed E-state index contributed by atoms with van der Waals surface area (Å²) < 4.78 is 5.74. The zero-order chi connectivity index (χ0) is 10.1. The zero-order valence-electron chi connectivity index (χ0n) is 9.76. The molecule has 78 valence electrons. The third-order valence-electron chi connectivity index (χ3n) is 3.88. The Bertz CT molecular complexity index is 163. The maximum absolute atomic E-state index is 5.74. The van der Waals surface area contributed by atoms with Gasteiger partial charge in [0.05, 0.1) is 6.10 Å². The summed E-state index contributed by atoms with van der Waals surface area (Å²) in [5, 5.41) is 0. The molecule has 1 aliphatic rings. The van der Waals surface area contributed by atoms with Crippen molar-refractivity contribution in [3.05, 3.63) is 0 Å². The number of rotatable bonds is 2. The van der Waals surface area contributed by atoms with Gasteiger partial charge in [0.1, 0.15) is 0 Å². The molecule has 0 aromatic heterocycles. The summed E-state index contributed by atoms with van der Waals surface area (Å²) in [5.74, 6) is 1.63. The van der Waals surface area contributed by atoms with Crippen molar-refractivity contribution in [2.45, 2.75) is 53.6 Å². The minimum Gasteiger partial charge on any atom is -0.378 e. The molecule has 0 saturated heterocycles. The Morgan fingerprint density at radius 2 is 1.92 bits per heavy atom. The highest BCUT2D eigenvalue weighted by atomic mass is 16.5. The van der Waals surface area contributed by atoms with Gasteiger partial charge >= 0.3 is 0 Å². The second-order valence-corrected chi connectivity index (χ2v) is 5.27. The minimum absolute atomic E-state index is 0.456. The summed E-state index contributed by atoms with van der Waals surface area (Å²) in [7, 11) is 0. The van der Waals surface area contributed by atoms with Crippen LogP contribution in [-0.2, 0) is 4.74 Å². The Morgan fingerprint density at radius 3 is 2.38 bits per heavy atom. The van der Waals surface area contributed by atoms with E-state index in [9.17, 15) is 0 Å². The molecule has 1 rings (SSSR count). The molecule has 0 radical (unpaired) electrons. The third-order valence-corrected chi connectivity index (χ3v) is 3.88. The van der Waals surface area contributed by atoms with Gasteiger partial charge in [-0.25, -0.2) is 0 Å².